The van der Waals surface area contributed by atoms with Gasteiger partial charge in [-0.1, -0.05) is 51.1 Å². The summed E-state index contributed by atoms with van der Waals surface area (Å²) in [7, 11) is 0. The van der Waals surface area contributed by atoms with Gasteiger partial charge in [0.1, 0.15) is 5.69 Å². The van der Waals surface area contributed by atoms with Crippen LogP contribution in [0, 0.1) is 10.3 Å². The van der Waals surface area contributed by atoms with Crippen molar-refractivity contribution in [3.63, 3.8) is 0 Å². The molecule has 1 aromatic rings. The van der Waals surface area contributed by atoms with Gasteiger partial charge in [-0.2, -0.15) is 0 Å². The minimum Gasteiger partial charge on any atom is -0.145 e. The Kier molecular flexibility index (Phi) is 3.18. The van der Waals surface area contributed by atoms with Gasteiger partial charge in [0.2, 0.25) is 0 Å². The Morgan fingerprint density at radius 1 is 1.21 bits per heavy atom. The summed E-state index contributed by atoms with van der Waals surface area (Å²) in [5, 5.41) is 2.97. The SMILES string of the molecule is CC(C)(C)/C=C/c1ccccc1N=O. The molecule has 1 rings (SSSR count). The predicted molar refractivity (Wildman–Crippen MR) is 60.4 cm³/mol. The molecule has 0 aliphatic carbocycles. The van der Waals surface area contributed by atoms with E-state index in [-0.39, 0.29) is 5.41 Å². The van der Waals surface area contributed by atoms with Gasteiger partial charge in [-0.15, -0.1) is 4.91 Å². The van der Waals surface area contributed by atoms with Gasteiger partial charge in [0.25, 0.3) is 0 Å². The molecule has 2 nitrogen and oxygen atoms in total. The summed E-state index contributed by atoms with van der Waals surface area (Å²) >= 11 is 0. The molecule has 0 radical (unpaired) electrons. The largest absolute Gasteiger partial charge is 0.145 e. The Morgan fingerprint density at radius 2 is 1.86 bits per heavy atom. The Labute approximate surface area is 84.6 Å². The van der Waals surface area contributed by atoms with Crippen LogP contribution >= 0.6 is 0 Å². The number of benzene rings is 1. The Morgan fingerprint density at radius 3 is 2.43 bits per heavy atom. The average Bonchev–Trinajstić information content (AvgIpc) is 2.14. The highest BCUT2D eigenvalue weighted by atomic mass is 16.3. The summed E-state index contributed by atoms with van der Waals surface area (Å²) in [6, 6.07) is 7.32. The zero-order valence-electron chi connectivity index (χ0n) is 8.82. The molecule has 0 spiro atoms. The predicted octanol–water partition coefficient (Wildman–Crippen LogP) is 4.14. The van der Waals surface area contributed by atoms with Crippen molar-refractivity contribution in [3.05, 3.63) is 40.8 Å². The summed E-state index contributed by atoms with van der Waals surface area (Å²) in [5.41, 5.74) is 1.49. The van der Waals surface area contributed by atoms with Gasteiger partial charge >= 0.3 is 0 Å². The molecule has 0 aliphatic heterocycles. The van der Waals surface area contributed by atoms with Gasteiger partial charge in [0.15, 0.2) is 0 Å². The summed E-state index contributed by atoms with van der Waals surface area (Å²) in [5.74, 6) is 0. The van der Waals surface area contributed by atoms with Gasteiger partial charge in [-0.25, -0.2) is 0 Å². The highest BCUT2D eigenvalue weighted by molar-refractivity contribution is 5.63. The molecule has 1 aromatic carbocycles. The van der Waals surface area contributed by atoms with E-state index in [1.54, 1.807) is 6.07 Å². The van der Waals surface area contributed by atoms with Crippen LogP contribution in [0.4, 0.5) is 5.69 Å². The van der Waals surface area contributed by atoms with Crippen molar-refractivity contribution in [1.82, 2.24) is 0 Å². The van der Waals surface area contributed by atoms with E-state index in [4.69, 9.17) is 0 Å². The molecule has 0 bridgehead atoms. The monoisotopic (exact) mass is 189 g/mol. The fourth-order valence-corrected chi connectivity index (χ4v) is 1.05. The second-order valence-corrected chi connectivity index (χ2v) is 4.35. The lowest BCUT2D eigenvalue weighted by Gasteiger charge is -2.11. The molecular formula is C12H15NO. The number of allylic oxidation sites excluding steroid dienone is 1. The lowest BCUT2D eigenvalue weighted by atomic mass is 9.95. The third-order valence-electron chi connectivity index (χ3n) is 1.80. The van der Waals surface area contributed by atoms with E-state index in [0.717, 1.165) is 5.56 Å². The van der Waals surface area contributed by atoms with Crippen molar-refractivity contribution in [2.45, 2.75) is 20.8 Å². The van der Waals surface area contributed by atoms with E-state index in [1.807, 2.05) is 24.3 Å². The molecule has 74 valence electrons. The molecular weight excluding hydrogens is 174 g/mol. The van der Waals surface area contributed by atoms with Gasteiger partial charge in [-0.05, 0) is 16.7 Å². The van der Waals surface area contributed by atoms with E-state index in [9.17, 15) is 4.91 Å². The first-order chi connectivity index (χ1) is 6.53. The molecule has 0 N–H and O–H groups in total. The number of hydrogen-bond acceptors (Lipinski definition) is 2. The molecule has 0 atom stereocenters. The van der Waals surface area contributed by atoms with Gasteiger partial charge in [-0.3, -0.25) is 0 Å². The molecule has 2 heteroatoms. The highest BCUT2D eigenvalue weighted by Crippen LogP contribution is 2.23. The topological polar surface area (TPSA) is 29.4 Å². The van der Waals surface area contributed by atoms with Crippen molar-refractivity contribution in [2.24, 2.45) is 10.6 Å². The summed E-state index contributed by atoms with van der Waals surface area (Å²) < 4.78 is 0. The van der Waals surface area contributed by atoms with Crippen molar-refractivity contribution in [1.29, 1.82) is 0 Å². The van der Waals surface area contributed by atoms with Crippen molar-refractivity contribution in [3.8, 4) is 0 Å². The summed E-state index contributed by atoms with van der Waals surface area (Å²) in [4.78, 5) is 10.5. The number of rotatable bonds is 2. The van der Waals surface area contributed by atoms with Crippen LogP contribution in [0.3, 0.4) is 0 Å². The fourth-order valence-electron chi connectivity index (χ4n) is 1.05. The van der Waals surface area contributed by atoms with Crippen molar-refractivity contribution in [2.75, 3.05) is 0 Å². The van der Waals surface area contributed by atoms with Crippen LogP contribution < -0.4 is 0 Å². The number of nitroso groups, excluding NO2 is 1. The zero-order valence-corrected chi connectivity index (χ0v) is 8.82. The van der Waals surface area contributed by atoms with Crippen LogP contribution in [-0.2, 0) is 0 Å². The smallest absolute Gasteiger partial charge is 0.115 e. The van der Waals surface area contributed by atoms with E-state index in [1.165, 1.54) is 0 Å². The minimum atomic E-state index is 0.121. The lowest BCUT2D eigenvalue weighted by molar-refractivity contribution is 0.547. The van der Waals surface area contributed by atoms with Crippen LogP contribution in [-0.4, -0.2) is 0 Å². The van der Waals surface area contributed by atoms with Gasteiger partial charge < -0.3 is 0 Å². The van der Waals surface area contributed by atoms with Gasteiger partial charge in [0.05, 0.1) is 0 Å². The van der Waals surface area contributed by atoms with Crippen LogP contribution in [0.2, 0.25) is 0 Å². The first-order valence-electron chi connectivity index (χ1n) is 4.64. The van der Waals surface area contributed by atoms with Crippen LogP contribution in [0.15, 0.2) is 35.5 Å². The summed E-state index contributed by atoms with van der Waals surface area (Å²) in [6.07, 6.45) is 4.01. The van der Waals surface area contributed by atoms with Crippen LogP contribution in [0.5, 0.6) is 0 Å². The molecule has 0 unspecified atom stereocenters. The van der Waals surface area contributed by atoms with E-state index in [0.29, 0.717) is 5.69 Å². The number of nitrogens with zero attached hydrogens (tertiary/aromatic N) is 1. The molecule has 0 fully saturated rings. The molecule has 14 heavy (non-hydrogen) atoms. The maximum absolute atomic E-state index is 10.5. The van der Waals surface area contributed by atoms with Crippen molar-refractivity contribution >= 4 is 11.8 Å². The lowest BCUT2D eigenvalue weighted by Crippen LogP contribution is -1.97. The quantitative estimate of drug-likeness (QED) is 0.643. The second kappa shape index (κ2) is 4.18. The Balaban J connectivity index is 2.97. The maximum Gasteiger partial charge on any atom is 0.115 e. The first kappa shape index (κ1) is 10.6. The summed E-state index contributed by atoms with van der Waals surface area (Å²) in [6.45, 7) is 6.33. The standard InChI is InChI=1S/C12H15NO/c1-12(2,3)9-8-10-6-4-5-7-11(10)13-14/h4-9H,1-3H3/b9-8+. The van der Waals surface area contributed by atoms with E-state index in [2.05, 4.69) is 32.0 Å². The fraction of sp³-hybridized carbons (Fsp3) is 0.333. The van der Waals surface area contributed by atoms with Crippen LogP contribution in [0.25, 0.3) is 6.08 Å². The molecule has 0 amide bonds. The molecule has 0 saturated heterocycles. The third kappa shape index (κ3) is 3.13. The Hall–Kier alpha value is -1.44. The van der Waals surface area contributed by atoms with Crippen molar-refractivity contribution < 1.29 is 0 Å². The third-order valence-corrected chi connectivity index (χ3v) is 1.80. The maximum atomic E-state index is 10.5. The molecule has 0 heterocycles. The van der Waals surface area contributed by atoms with Crippen LogP contribution in [0.1, 0.15) is 26.3 Å². The first-order valence-corrected chi connectivity index (χ1v) is 4.64. The van der Waals surface area contributed by atoms with E-state index >= 15 is 0 Å². The average molecular weight is 189 g/mol. The highest BCUT2D eigenvalue weighted by Gasteiger charge is 2.04. The van der Waals surface area contributed by atoms with E-state index < -0.39 is 0 Å². The number of hydrogen-bond donors (Lipinski definition) is 0. The Bertz CT molecular complexity index is 348. The second-order valence-electron chi connectivity index (χ2n) is 4.35. The minimum absolute atomic E-state index is 0.121. The molecule has 0 aromatic heterocycles. The molecule has 0 saturated carbocycles. The molecule has 0 aliphatic rings. The normalized spacial score (nSPS) is 11.9. The van der Waals surface area contributed by atoms with Gasteiger partial charge in [0, 0.05) is 5.56 Å². The zero-order chi connectivity index (χ0) is 10.6.